The Morgan fingerprint density at radius 3 is 3.00 bits per heavy atom. The van der Waals surface area contributed by atoms with Crippen LogP contribution in [-0.2, 0) is 6.54 Å². The van der Waals surface area contributed by atoms with Crippen LogP contribution in [-0.4, -0.2) is 50.2 Å². The number of nitrogens with zero attached hydrogens (tertiary/aromatic N) is 3. The second-order valence-corrected chi connectivity index (χ2v) is 5.17. The van der Waals surface area contributed by atoms with Crippen LogP contribution in [0.4, 0.5) is 5.82 Å². The van der Waals surface area contributed by atoms with Crippen LogP contribution >= 0.6 is 0 Å². The fourth-order valence-corrected chi connectivity index (χ4v) is 2.58. The smallest absolute Gasteiger partial charge is 0.128 e. The van der Waals surface area contributed by atoms with Crippen LogP contribution in [0.3, 0.4) is 0 Å². The second-order valence-electron chi connectivity index (χ2n) is 5.17. The predicted octanol–water partition coefficient (Wildman–Crippen LogP) is 1.33. The molecule has 4 nitrogen and oxygen atoms in total. The SMILES string of the molecule is CNCc1cccc(N(C)CC2CCCN2C)n1. The van der Waals surface area contributed by atoms with Gasteiger partial charge in [0.25, 0.3) is 0 Å². The van der Waals surface area contributed by atoms with Crippen LogP contribution in [0.25, 0.3) is 0 Å². The van der Waals surface area contributed by atoms with Gasteiger partial charge in [0.05, 0.1) is 5.69 Å². The van der Waals surface area contributed by atoms with Crippen molar-refractivity contribution < 1.29 is 0 Å². The van der Waals surface area contributed by atoms with Gasteiger partial charge >= 0.3 is 0 Å². The standard InChI is InChI=1S/C14H24N4/c1-15-10-12-6-4-8-14(16-12)18(3)11-13-7-5-9-17(13)2/h4,6,8,13,15H,5,7,9-11H2,1-3H3. The van der Waals surface area contributed by atoms with E-state index in [1.54, 1.807) is 0 Å². The molecule has 0 spiro atoms. The van der Waals surface area contributed by atoms with Gasteiger partial charge in [0, 0.05) is 26.2 Å². The zero-order valence-electron chi connectivity index (χ0n) is 11.7. The summed E-state index contributed by atoms with van der Waals surface area (Å²) in [7, 11) is 6.31. The molecule has 18 heavy (non-hydrogen) atoms. The molecular formula is C14H24N4. The molecule has 1 N–H and O–H groups in total. The quantitative estimate of drug-likeness (QED) is 0.852. The van der Waals surface area contributed by atoms with Crippen molar-refractivity contribution in [2.45, 2.75) is 25.4 Å². The maximum Gasteiger partial charge on any atom is 0.128 e. The van der Waals surface area contributed by atoms with Crippen molar-refractivity contribution in [3.05, 3.63) is 23.9 Å². The maximum atomic E-state index is 4.67. The highest BCUT2D eigenvalue weighted by atomic mass is 15.2. The fraction of sp³-hybridized carbons (Fsp3) is 0.643. The van der Waals surface area contributed by atoms with Crippen molar-refractivity contribution >= 4 is 5.82 Å². The van der Waals surface area contributed by atoms with E-state index in [0.717, 1.165) is 24.6 Å². The van der Waals surface area contributed by atoms with Gasteiger partial charge in [0.15, 0.2) is 0 Å². The van der Waals surface area contributed by atoms with E-state index in [1.807, 2.05) is 7.05 Å². The van der Waals surface area contributed by atoms with Crippen LogP contribution in [0.5, 0.6) is 0 Å². The average molecular weight is 248 g/mol. The Morgan fingerprint density at radius 2 is 2.33 bits per heavy atom. The van der Waals surface area contributed by atoms with E-state index < -0.39 is 0 Å². The molecule has 0 aliphatic carbocycles. The summed E-state index contributed by atoms with van der Waals surface area (Å²) in [5, 5.41) is 3.14. The molecule has 100 valence electrons. The van der Waals surface area contributed by atoms with E-state index in [1.165, 1.54) is 19.4 Å². The molecule has 1 fully saturated rings. The number of pyridine rings is 1. The average Bonchev–Trinajstić information content (AvgIpc) is 2.76. The van der Waals surface area contributed by atoms with Gasteiger partial charge in [0.2, 0.25) is 0 Å². The number of likely N-dealkylation sites (N-methyl/N-ethyl adjacent to an activating group) is 2. The lowest BCUT2D eigenvalue weighted by Crippen LogP contribution is -2.37. The molecule has 1 aromatic heterocycles. The van der Waals surface area contributed by atoms with Crippen molar-refractivity contribution in [1.82, 2.24) is 15.2 Å². The Labute approximate surface area is 110 Å². The van der Waals surface area contributed by atoms with Crippen molar-refractivity contribution in [1.29, 1.82) is 0 Å². The largest absolute Gasteiger partial charge is 0.358 e. The number of hydrogen-bond acceptors (Lipinski definition) is 4. The lowest BCUT2D eigenvalue weighted by molar-refractivity contribution is 0.314. The highest BCUT2D eigenvalue weighted by molar-refractivity contribution is 5.38. The van der Waals surface area contributed by atoms with Gasteiger partial charge in [-0.15, -0.1) is 0 Å². The maximum absolute atomic E-state index is 4.67. The second kappa shape index (κ2) is 6.16. The normalized spacial score (nSPS) is 20.3. The molecule has 1 aliphatic heterocycles. The van der Waals surface area contributed by atoms with E-state index in [0.29, 0.717) is 6.04 Å². The number of anilines is 1. The zero-order chi connectivity index (χ0) is 13.0. The van der Waals surface area contributed by atoms with Crippen LogP contribution in [0.15, 0.2) is 18.2 Å². The third-order valence-corrected chi connectivity index (χ3v) is 3.70. The monoisotopic (exact) mass is 248 g/mol. The molecule has 1 aromatic rings. The summed E-state index contributed by atoms with van der Waals surface area (Å²) in [6.07, 6.45) is 2.62. The van der Waals surface area contributed by atoms with Crippen molar-refractivity contribution in [2.24, 2.45) is 0 Å². The third-order valence-electron chi connectivity index (χ3n) is 3.70. The first kappa shape index (κ1) is 13.3. The van der Waals surface area contributed by atoms with Gasteiger partial charge in [-0.1, -0.05) is 6.07 Å². The van der Waals surface area contributed by atoms with Gasteiger partial charge in [-0.05, 0) is 45.6 Å². The van der Waals surface area contributed by atoms with Gasteiger partial charge in [0.1, 0.15) is 5.82 Å². The van der Waals surface area contributed by atoms with Gasteiger partial charge in [-0.2, -0.15) is 0 Å². The zero-order valence-corrected chi connectivity index (χ0v) is 11.7. The first-order chi connectivity index (χ1) is 8.70. The molecule has 0 bridgehead atoms. The first-order valence-corrected chi connectivity index (χ1v) is 6.72. The van der Waals surface area contributed by atoms with Crippen molar-refractivity contribution in [2.75, 3.05) is 39.1 Å². The van der Waals surface area contributed by atoms with Crippen molar-refractivity contribution in [3.8, 4) is 0 Å². The topological polar surface area (TPSA) is 31.4 Å². The van der Waals surface area contributed by atoms with E-state index >= 15 is 0 Å². The Morgan fingerprint density at radius 1 is 1.50 bits per heavy atom. The molecule has 4 heteroatoms. The predicted molar refractivity (Wildman–Crippen MR) is 75.9 cm³/mol. The first-order valence-electron chi connectivity index (χ1n) is 6.72. The minimum atomic E-state index is 0.671. The molecule has 1 saturated heterocycles. The Balaban J connectivity index is 1.99. The molecule has 2 rings (SSSR count). The molecular weight excluding hydrogens is 224 g/mol. The highest BCUT2D eigenvalue weighted by Crippen LogP contribution is 2.18. The Kier molecular flexibility index (Phi) is 4.55. The summed E-state index contributed by atoms with van der Waals surface area (Å²) in [6, 6.07) is 6.91. The summed E-state index contributed by atoms with van der Waals surface area (Å²) in [5.41, 5.74) is 1.10. The van der Waals surface area contributed by atoms with Gasteiger partial charge in [-0.25, -0.2) is 4.98 Å². The van der Waals surface area contributed by atoms with Crippen LogP contribution < -0.4 is 10.2 Å². The number of likely N-dealkylation sites (tertiary alicyclic amines) is 1. The van der Waals surface area contributed by atoms with Crippen LogP contribution in [0.2, 0.25) is 0 Å². The van der Waals surface area contributed by atoms with E-state index in [-0.39, 0.29) is 0 Å². The summed E-state index contributed by atoms with van der Waals surface area (Å²) < 4.78 is 0. The van der Waals surface area contributed by atoms with Crippen LogP contribution in [0, 0.1) is 0 Å². The molecule has 0 aromatic carbocycles. The number of aromatic nitrogens is 1. The van der Waals surface area contributed by atoms with Crippen molar-refractivity contribution in [3.63, 3.8) is 0 Å². The number of nitrogens with one attached hydrogen (secondary N) is 1. The summed E-state index contributed by atoms with van der Waals surface area (Å²) in [5.74, 6) is 1.07. The molecule has 2 heterocycles. The third kappa shape index (κ3) is 3.21. The minimum Gasteiger partial charge on any atom is -0.358 e. The Bertz CT molecular complexity index is 380. The molecule has 1 unspecified atom stereocenters. The number of rotatable bonds is 5. The minimum absolute atomic E-state index is 0.671. The Hall–Kier alpha value is -1.13. The summed E-state index contributed by atoms with van der Waals surface area (Å²) in [4.78, 5) is 9.40. The molecule has 1 aliphatic rings. The lowest BCUT2D eigenvalue weighted by atomic mass is 10.2. The summed E-state index contributed by atoms with van der Waals surface area (Å²) in [6.45, 7) is 3.11. The molecule has 1 atom stereocenters. The molecule has 0 saturated carbocycles. The summed E-state index contributed by atoms with van der Waals surface area (Å²) >= 11 is 0. The highest BCUT2D eigenvalue weighted by Gasteiger charge is 2.22. The fourth-order valence-electron chi connectivity index (χ4n) is 2.58. The lowest BCUT2D eigenvalue weighted by Gasteiger charge is -2.26. The number of hydrogen-bond donors (Lipinski definition) is 1. The molecule has 0 radical (unpaired) electrons. The van der Waals surface area contributed by atoms with Crippen LogP contribution in [0.1, 0.15) is 18.5 Å². The van der Waals surface area contributed by atoms with E-state index in [4.69, 9.17) is 0 Å². The van der Waals surface area contributed by atoms with Gasteiger partial charge < -0.3 is 15.1 Å². The van der Waals surface area contributed by atoms with E-state index in [9.17, 15) is 0 Å². The van der Waals surface area contributed by atoms with E-state index in [2.05, 4.69) is 52.4 Å². The van der Waals surface area contributed by atoms with Gasteiger partial charge in [-0.3, -0.25) is 0 Å². The molecule has 0 amide bonds.